The highest BCUT2D eigenvalue weighted by molar-refractivity contribution is 5.90. The molecule has 2 fully saturated rings. The van der Waals surface area contributed by atoms with E-state index in [-0.39, 0.29) is 24.3 Å². The van der Waals surface area contributed by atoms with Crippen molar-refractivity contribution in [1.29, 1.82) is 0 Å². The highest BCUT2D eigenvalue weighted by Crippen LogP contribution is 2.32. The molecular weight excluding hydrogens is 444 g/mol. The van der Waals surface area contributed by atoms with Crippen LogP contribution in [-0.4, -0.2) is 63.0 Å². The number of aromatic nitrogens is 4. The lowest BCUT2D eigenvalue weighted by atomic mass is 10.1. The molecular formula is C23H23F2N7O2. The number of rotatable bonds is 6. The molecule has 9 nitrogen and oxygen atoms in total. The number of hydrazone groups is 1. The number of ether oxygens (including phenoxy) is 1. The van der Waals surface area contributed by atoms with Crippen molar-refractivity contribution in [3.63, 3.8) is 0 Å². The number of carbonyl (C=O) groups is 1. The van der Waals surface area contributed by atoms with Crippen LogP contribution in [0.3, 0.4) is 0 Å². The van der Waals surface area contributed by atoms with Crippen LogP contribution in [0.1, 0.15) is 25.0 Å². The molecule has 0 unspecified atom stereocenters. The first kappa shape index (κ1) is 21.9. The molecule has 2 aliphatic heterocycles. The van der Waals surface area contributed by atoms with Gasteiger partial charge in [-0.1, -0.05) is 11.3 Å². The first-order valence-electron chi connectivity index (χ1n) is 11.1. The molecule has 4 heterocycles. The van der Waals surface area contributed by atoms with Gasteiger partial charge in [-0.3, -0.25) is 14.9 Å². The van der Waals surface area contributed by atoms with E-state index in [1.165, 1.54) is 35.6 Å². The van der Waals surface area contributed by atoms with Gasteiger partial charge in [0.1, 0.15) is 6.10 Å². The zero-order valence-corrected chi connectivity index (χ0v) is 18.3. The standard InChI is InChI=1S/C23H23F2N7O2/c24-21-19(16-4-5-17(26-12-16)13-28-30-9-2-1-3-10-30)6-7-20(22(21)25)32-15-18(34-23(32)33)14-31-11-8-27-29-31/h4-8,11-13,18H,1-3,9-10,14-15H2/b28-13+/t18-/m0/s1. The third-order valence-electron chi connectivity index (χ3n) is 5.87. The van der Waals surface area contributed by atoms with Crippen LogP contribution in [0.2, 0.25) is 0 Å². The first-order valence-corrected chi connectivity index (χ1v) is 11.1. The Kier molecular flexibility index (Phi) is 6.15. The van der Waals surface area contributed by atoms with Gasteiger partial charge in [-0.05, 0) is 37.5 Å². The van der Waals surface area contributed by atoms with Crippen molar-refractivity contribution in [2.24, 2.45) is 5.10 Å². The van der Waals surface area contributed by atoms with Gasteiger partial charge in [-0.2, -0.15) is 5.10 Å². The molecule has 176 valence electrons. The lowest BCUT2D eigenvalue weighted by Gasteiger charge is -2.23. The van der Waals surface area contributed by atoms with Gasteiger partial charge in [0, 0.05) is 36.6 Å². The highest BCUT2D eigenvalue weighted by atomic mass is 19.2. The van der Waals surface area contributed by atoms with Crippen LogP contribution in [0.5, 0.6) is 0 Å². The zero-order chi connectivity index (χ0) is 23.5. The van der Waals surface area contributed by atoms with Crippen molar-refractivity contribution >= 4 is 18.0 Å². The molecule has 0 saturated carbocycles. The summed E-state index contributed by atoms with van der Waals surface area (Å²) in [7, 11) is 0. The Labute approximate surface area is 194 Å². The predicted molar refractivity (Wildman–Crippen MR) is 120 cm³/mol. The molecule has 1 aromatic carbocycles. The normalized spacial score (nSPS) is 18.6. The molecule has 0 aliphatic carbocycles. The lowest BCUT2D eigenvalue weighted by molar-refractivity contribution is 0.129. The topological polar surface area (TPSA) is 88.7 Å². The Bertz CT molecular complexity index is 1180. The SMILES string of the molecule is O=C1O[C@@H](Cn2ccnn2)CN1c1ccc(-c2ccc(/C=N/N3CCCCC3)nc2)c(F)c1F. The van der Waals surface area contributed by atoms with Crippen molar-refractivity contribution in [2.45, 2.75) is 31.9 Å². The third-order valence-corrected chi connectivity index (χ3v) is 5.87. The van der Waals surface area contributed by atoms with Crippen LogP contribution in [-0.2, 0) is 11.3 Å². The summed E-state index contributed by atoms with van der Waals surface area (Å²) in [5.74, 6) is -2.17. The Morgan fingerprint density at radius 1 is 1.12 bits per heavy atom. The van der Waals surface area contributed by atoms with Gasteiger partial charge >= 0.3 is 6.09 Å². The van der Waals surface area contributed by atoms with Crippen molar-refractivity contribution in [1.82, 2.24) is 25.0 Å². The number of piperidine rings is 1. The molecule has 0 spiro atoms. The van der Waals surface area contributed by atoms with Gasteiger partial charge in [-0.25, -0.2) is 18.3 Å². The molecule has 2 saturated heterocycles. The van der Waals surface area contributed by atoms with E-state index in [1.807, 2.05) is 5.01 Å². The van der Waals surface area contributed by atoms with E-state index in [0.29, 0.717) is 11.3 Å². The minimum atomic E-state index is -1.12. The van der Waals surface area contributed by atoms with E-state index < -0.39 is 23.8 Å². The number of hydrogen-bond donors (Lipinski definition) is 0. The lowest BCUT2D eigenvalue weighted by Crippen LogP contribution is -2.27. The van der Waals surface area contributed by atoms with Crippen molar-refractivity contribution in [2.75, 3.05) is 24.5 Å². The largest absolute Gasteiger partial charge is 0.442 e. The monoisotopic (exact) mass is 467 g/mol. The van der Waals surface area contributed by atoms with E-state index >= 15 is 0 Å². The summed E-state index contributed by atoms with van der Waals surface area (Å²) in [5, 5.41) is 14.0. The van der Waals surface area contributed by atoms with Gasteiger partial charge in [0.05, 0.1) is 36.9 Å². The summed E-state index contributed by atoms with van der Waals surface area (Å²) in [6, 6.07) is 6.18. The number of cyclic esters (lactones) is 1. The molecule has 1 amide bonds. The van der Waals surface area contributed by atoms with E-state index in [2.05, 4.69) is 20.4 Å². The fourth-order valence-electron chi connectivity index (χ4n) is 4.10. The van der Waals surface area contributed by atoms with Gasteiger partial charge in [0.2, 0.25) is 0 Å². The molecule has 11 heteroatoms. The van der Waals surface area contributed by atoms with Crippen LogP contribution in [0.15, 0.2) is 48.0 Å². The maximum atomic E-state index is 15.0. The van der Waals surface area contributed by atoms with E-state index in [1.54, 1.807) is 24.5 Å². The Morgan fingerprint density at radius 3 is 2.71 bits per heavy atom. The minimum absolute atomic E-state index is 0.0556. The summed E-state index contributed by atoms with van der Waals surface area (Å²) < 4.78 is 36.8. The first-order chi connectivity index (χ1) is 16.6. The van der Waals surface area contributed by atoms with Gasteiger partial charge in [0.15, 0.2) is 11.6 Å². The highest BCUT2D eigenvalue weighted by Gasteiger charge is 2.35. The summed E-state index contributed by atoms with van der Waals surface area (Å²) in [6.07, 6.45) is 8.47. The van der Waals surface area contributed by atoms with Gasteiger partial charge in [-0.15, -0.1) is 5.10 Å². The second-order valence-electron chi connectivity index (χ2n) is 8.23. The number of carbonyl (C=O) groups excluding carboxylic acids is 1. The molecule has 0 radical (unpaired) electrons. The smallest absolute Gasteiger partial charge is 0.414 e. The summed E-state index contributed by atoms with van der Waals surface area (Å²) in [5.41, 5.74) is 0.932. The molecule has 34 heavy (non-hydrogen) atoms. The second-order valence-corrected chi connectivity index (χ2v) is 8.23. The van der Waals surface area contributed by atoms with Crippen LogP contribution in [0, 0.1) is 11.6 Å². The van der Waals surface area contributed by atoms with Crippen molar-refractivity contribution in [3.8, 4) is 11.1 Å². The van der Waals surface area contributed by atoms with E-state index in [9.17, 15) is 13.6 Å². The number of benzene rings is 1. The maximum Gasteiger partial charge on any atom is 0.414 e. The molecule has 2 aliphatic rings. The second kappa shape index (κ2) is 9.54. The Hall–Kier alpha value is -3.89. The van der Waals surface area contributed by atoms with Crippen LogP contribution in [0.25, 0.3) is 11.1 Å². The molecule has 0 N–H and O–H groups in total. The average molecular weight is 467 g/mol. The molecule has 3 aromatic rings. The Balaban J connectivity index is 1.30. The van der Waals surface area contributed by atoms with E-state index in [0.717, 1.165) is 30.8 Å². The third kappa shape index (κ3) is 4.59. The number of nitrogens with zero attached hydrogens (tertiary/aromatic N) is 7. The number of anilines is 1. The summed E-state index contributed by atoms with van der Waals surface area (Å²) >= 11 is 0. The number of pyridine rings is 1. The van der Waals surface area contributed by atoms with Crippen LogP contribution >= 0.6 is 0 Å². The summed E-state index contributed by atoms with van der Waals surface area (Å²) in [4.78, 5) is 17.7. The molecule has 5 rings (SSSR count). The van der Waals surface area contributed by atoms with E-state index in [4.69, 9.17) is 4.74 Å². The number of amides is 1. The van der Waals surface area contributed by atoms with Crippen LogP contribution < -0.4 is 4.90 Å². The molecule has 0 bridgehead atoms. The quantitative estimate of drug-likeness (QED) is 0.516. The number of hydrogen-bond acceptors (Lipinski definition) is 7. The zero-order valence-electron chi connectivity index (χ0n) is 18.3. The van der Waals surface area contributed by atoms with Crippen LogP contribution in [0.4, 0.5) is 19.3 Å². The van der Waals surface area contributed by atoms with Crippen molar-refractivity contribution < 1.29 is 18.3 Å². The molecule has 1 atom stereocenters. The summed E-state index contributed by atoms with van der Waals surface area (Å²) in [6.45, 7) is 2.19. The molecule has 2 aromatic heterocycles. The number of halogens is 2. The average Bonchev–Trinajstić information content (AvgIpc) is 3.50. The predicted octanol–water partition coefficient (Wildman–Crippen LogP) is 3.46. The fourth-order valence-corrected chi connectivity index (χ4v) is 4.10. The van der Waals surface area contributed by atoms with Gasteiger partial charge in [0.25, 0.3) is 0 Å². The Morgan fingerprint density at radius 2 is 1.97 bits per heavy atom. The van der Waals surface area contributed by atoms with Crippen molar-refractivity contribution in [3.05, 3.63) is 60.2 Å². The minimum Gasteiger partial charge on any atom is -0.442 e. The maximum absolute atomic E-state index is 15.0. The fraction of sp³-hybridized carbons (Fsp3) is 0.348. The van der Waals surface area contributed by atoms with Gasteiger partial charge < -0.3 is 4.74 Å².